The standard InChI is InChI=1S/C24H24BNO6/c27-23(28)16-26-17-24(29)32-25-19-8-12-20(13-9-19)30-15-14-18-6-10-22(11-7-18)31-21-4-2-1-3-5-21/h1-13,25-26H,14-17H2,(H,27,28). The van der Waals surface area contributed by atoms with Gasteiger partial charge in [0.1, 0.15) is 17.2 Å². The molecule has 32 heavy (non-hydrogen) atoms. The first-order chi connectivity index (χ1) is 15.6. The third-order valence-corrected chi connectivity index (χ3v) is 4.43. The molecule has 0 saturated carbocycles. The van der Waals surface area contributed by atoms with Gasteiger partial charge in [0.15, 0.2) is 0 Å². The molecule has 0 spiro atoms. The molecule has 0 saturated heterocycles. The van der Waals surface area contributed by atoms with Crippen LogP contribution in [0.15, 0.2) is 78.9 Å². The molecule has 8 heteroatoms. The number of para-hydroxylation sites is 1. The molecule has 0 aromatic heterocycles. The number of rotatable bonds is 12. The molecule has 0 bridgehead atoms. The van der Waals surface area contributed by atoms with Crippen molar-refractivity contribution in [2.45, 2.75) is 6.42 Å². The zero-order valence-electron chi connectivity index (χ0n) is 17.5. The van der Waals surface area contributed by atoms with Crippen LogP contribution in [0.5, 0.6) is 17.2 Å². The number of carboxylic acid groups (broad SMARTS) is 1. The molecule has 0 aliphatic rings. The van der Waals surface area contributed by atoms with Crippen LogP contribution in [0.4, 0.5) is 0 Å². The fourth-order valence-electron chi connectivity index (χ4n) is 2.80. The maximum absolute atomic E-state index is 11.5. The minimum absolute atomic E-state index is 0.116. The van der Waals surface area contributed by atoms with E-state index in [0.29, 0.717) is 6.61 Å². The van der Waals surface area contributed by atoms with Crippen molar-refractivity contribution in [1.82, 2.24) is 5.32 Å². The van der Waals surface area contributed by atoms with Gasteiger partial charge in [-0.15, -0.1) is 0 Å². The van der Waals surface area contributed by atoms with Gasteiger partial charge < -0.3 is 19.2 Å². The lowest BCUT2D eigenvalue weighted by molar-refractivity contribution is -0.136. The second-order valence-electron chi connectivity index (χ2n) is 6.96. The first-order valence-electron chi connectivity index (χ1n) is 10.2. The number of carbonyl (C=O) groups is 2. The fraction of sp³-hybridized carbons (Fsp3) is 0.167. The molecular formula is C24H24BNO6. The van der Waals surface area contributed by atoms with Gasteiger partial charge in [0.05, 0.1) is 19.7 Å². The summed E-state index contributed by atoms with van der Waals surface area (Å²) >= 11 is 0. The number of carbonyl (C=O) groups excluding carboxylic acids is 1. The van der Waals surface area contributed by atoms with Gasteiger partial charge in [-0.05, 0) is 47.4 Å². The Morgan fingerprint density at radius 1 is 0.812 bits per heavy atom. The van der Waals surface area contributed by atoms with Crippen LogP contribution in [0, 0.1) is 0 Å². The molecule has 0 heterocycles. The second kappa shape index (κ2) is 12.2. The minimum atomic E-state index is -1.03. The van der Waals surface area contributed by atoms with E-state index in [1.165, 1.54) is 0 Å². The van der Waals surface area contributed by atoms with Crippen molar-refractivity contribution in [3.05, 3.63) is 84.4 Å². The molecule has 2 N–H and O–H groups in total. The summed E-state index contributed by atoms with van der Waals surface area (Å²) < 4.78 is 16.7. The van der Waals surface area contributed by atoms with Crippen molar-refractivity contribution >= 4 is 24.9 Å². The van der Waals surface area contributed by atoms with E-state index >= 15 is 0 Å². The van der Waals surface area contributed by atoms with Crippen LogP contribution in [-0.4, -0.2) is 44.2 Å². The highest BCUT2D eigenvalue weighted by Gasteiger charge is 2.06. The van der Waals surface area contributed by atoms with Gasteiger partial charge >= 0.3 is 19.4 Å². The smallest absolute Gasteiger partial charge is 0.377 e. The van der Waals surface area contributed by atoms with E-state index in [9.17, 15) is 9.59 Å². The van der Waals surface area contributed by atoms with E-state index in [1.54, 1.807) is 0 Å². The molecule has 0 radical (unpaired) electrons. The van der Waals surface area contributed by atoms with E-state index < -0.39 is 11.9 Å². The molecule has 164 valence electrons. The lowest BCUT2D eigenvalue weighted by Crippen LogP contribution is -2.32. The molecule has 3 aromatic rings. The SMILES string of the molecule is O=C(O)CNCC(=O)OBc1ccc(OCCc2ccc(Oc3ccccc3)cc2)cc1. The van der Waals surface area contributed by atoms with Crippen LogP contribution in [-0.2, 0) is 20.7 Å². The van der Waals surface area contributed by atoms with E-state index in [-0.39, 0.29) is 20.6 Å². The van der Waals surface area contributed by atoms with Gasteiger partial charge in [-0.2, -0.15) is 0 Å². The van der Waals surface area contributed by atoms with Crippen LogP contribution in [0.25, 0.3) is 0 Å². The van der Waals surface area contributed by atoms with Crippen molar-refractivity contribution in [2.75, 3.05) is 19.7 Å². The molecule has 3 aromatic carbocycles. The van der Waals surface area contributed by atoms with Gasteiger partial charge in [-0.3, -0.25) is 14.9 Å². The van der Waals surface area contributed by atoms with Crippen LogP contribution < -0.4 is 20.3 Å². The molecule has 3 rings (SSSR count). The van der Waals surface area contributed by atoms with Crippen molar-refractivity contribution in [1.29, 1.82) is 0 Å². The maximum atomic E-state index is 11.5. The van der Waals surface area contributed by atoms with Crippen molar-refractivity contribution in [3.63, 3.8) is 0 Å². The first-order valence-corrected chi connectivity index (χ1v) is 10.2. The highest BCUT2D eigenvalue weighted by Crippen LogP contribution is 2.21. The number of ether oxygens (including phenoxy) is 2. The van der Waals surface area contributed by atoms with Crippen LogP contribution >= 0.6 is 0 Å². The zero-order valence-corrected chi connectivity index (χ0v) is 17.5. The summed E-state index contributed by atoms with van der Waals surface area (Å²) in [6.07, 6.45) is 0.758. The summed E-state index contributed by atoms with van der Waals surface area (Å²) in [5, 5.41) is 11.0. The Bertz CT molecular complexity index is 993. The number of benzene rings is 3. The summed E-state index contributed by atoms with van der Waals surface area (Å²) in [5.41, 5.74) is 1.96. The molecule has 0 fully saturated rings. The normalized spacial score (nSPS) is 10.2. The van der Waals surface area contributed by atoms with E-state index in [1.807, 2.05) is 78.9 Å². The number of carboxylic acids is 1. The summed E-state index contributed by atoms with van der Waals surface area (Å²) in [6, 6.07) is 24.8. The molecular weight excluding hydrogens is 409 g/mol. The summed E-state index contributed by atoms with van der Waals surface area (Å²) in [4.78, 5) is 21.9. The Kier molecular flexibility index (Phi) is 8.71. The van der Waals surface area contributed by atoms with Gasteiger partial charge in [0.2, 0.25) is 0 Å². The Morgan fingerprint density at radius 2 is 1.47 bits per heavy atom. The quantitative estimate of drug-likeness (QED) is 0.424. The van der Waals surface area contributed by atoms with Crippen molar-refractivity contribution < 1.29 is 28.8 Å². The average molecular weight is 433 g/mol. The second-order valence-corrected chi connectivity index (χ2v) is 6.96. The van der Waals surface area contributed by atoms with Gasteiger partial charge in [0.25, 0.3) is 0 Å². The highest BCUT2D eigenvalue weighted by molar-refractivity contribution is 6.48. The van der Waals surface area contributed by atoms with Crippen LogP contribution in [0.1, 0.15) is 5.56 Å². The maximum Gasteiger partial charge on any atom is 0.377 e. The predicted octanol–water partition coefficient (Wildman–Crippen LogP) is 2.29. The molecule has 0 amide bonds. The molecule has 7 nitrogen and oxygen atoms in total. The Labute approximate surface area is 187 Å². The number of aliphatic carboxylic acids is 1. The summed E-state index contributed by atoms with van der Waals surface area (Å²) in [6.45, 7) is 0.0993. The Morgan fingerprint density at radius 3 is 2.16 bits per heavy atom. The average Bonchev–Trinajstić information content (AvgIpc) is 2.80. The third-order valence-electron chi connectivity index (χ3n) is 4.43. The predicted molar refractivity (Wildman–Crippen MR) is 122 cm³/mol. The molecule has 0 aliphatic carbocycles. The summed E-state index contributed by atoms with van der Waals surface area (Å²) in [7, 11) is 0.116. The van der Waals surface area contributed by atoms with Gasteiger partial charge in [-0.25, -0.2) is 0 Å². The number of hydrogen-bond donors (Lipinski definition) is 2. The van der Waals surface area contributed by atoms with Crippen LogP contribution in [0.3, 0.4) is 0 Å². The Balaban J connectivity index is 1.36. The van der Waals surface area contributed by atoms with Crippen LogP contribution in [0.2, 0.25) is 0 Å². The molecule has 0 atom stereocenters. The Hall–Kier alpha value is -3.78. The van der Waals surface area contributed by atoms with Gasteiger partial charge in [-0.1, -0.05) is 42.5 Å². The van der Waals surface area contributed by atoms with Crippen molar-refractivity contribution in [2.24, 2.45) is 0 Å². The number of hydrogen-bond acceptors (Lipinski definition) is 6. The van der Waals surface area contributed by atoms with E-state index in [4.69, 9.17) is 19.2 Å². The largest absolute Gasteiger partial charge is 0.534 e. The topological polar surface area (TPSA) is 94.1 Å². The first kappa shape index (κ1) is 22.9. The lowest BCUT2D eigenvalue weighted by atomic mass is 9.88. The molecule has 0 unspecified atom stereocenters. The zero-order chi connectivity index (χ0) is 22.6. The monoisotopic (exact) mass is 433 g/mol. The lowest BCUT2D eigenvalue weighted by Gasteiger charge is -2.09. The van der Waals surface area contributed by atoms with Gasteiger partial charge in [0, 0.05) is 6.42 Å². The highest BCUT2D eigenvalue weighted by atomic mass is 16.5. The van der Waals surface area contributed by atoms with E-state index in [2.05, 4.69) is 5.32 Å². The summed E-state index contributed by atoms with van der Waals surface area (Å²) in [5.74, 6) is 0.785. The van der Waals surface area contributed by atoms with E-state index in [0.717, 1.165) is 34.7 Å². The molecule has 0 aliphatic heterocycles. The third kappa shape index (κ3) is 8.16. The minimum Gasteiger partial charge on any atom is -0.534 e. The fourth-order valence-corrected chi connectivity index (χ4v) is 2.80. The van der Waals surface area contributed by atoms with Crippen molar-refractivity contribution in [3.8, 4) is 17.2 Å². The number of nitrogens with one attached hydrogen (secondary N) is 1.